The first-order chi connectivity index (χ1) is 10.2. The summed E-state index contributed by atoms with van der Waals surface area (Å²) in [6.07, 6.45) is 8.50. The Kier molecular flexibility index (Phi) is 2.61. The number of carbonyl (C=O) groups is 1. The molecule has 1 unspecified atom stereocenters. The maximum absolute atomic E-state index is 12.5. The van der Waals surface area contributed by atoms with E-state index in [2.05, 4.69) is 34.0 Å². The zero-order valence-electron chi connectivity index (χ0n) is 12.2. The van der Waals surface area contributed by atoms with E-state index in [-0.39, 0.29) is 11.6 Å². The zero-order valence-corrected chi connectivity index (χ0v) is 12.2. The van der Waals surface area contributed by atoms with Crippen molar-refractivity contribution < 1.29 is 4.79 Å². The molecule has 2 amide bonds. The van der Waals surface area contributed by atoms with Gasteiger partial charge in [0.25, 0.3) is 5.82 Å². The third-order valence-corrected chi connectivity index (χ3v) is 5.28. The number of hydrogen-bond acceptors (Lipinski definition) is 3. The maximum atomic E-state index is 12.5. The predicted octanol–water partition coefficient (Wildman–Crippen LogP) is 2.69. The minimum absolute atomic E-state index is 0.0636. The van der Waals surface area contributed by atoms with Crippen LogP contribution in [0, 0.1) is 17.8 Å². The Morgan fingerprint density at radius 1 is 1.48 bits per heavy atom. The van der Waals surface area contributed by atoms with Crippen LogP contribution in [0.5, 0.6) is 0 Å². The number of fused-ring (bicyclic) bond motifs is 3. The first-order valence-corrected chi connectivity index (χ1v) is 7.70. The Balaban J connectivity index is 1.60. The standard InChI is InChI=1S/C16H18N4O/c1-2-3-4-12-5-7-16(8-6-12)10-20(16)14-13(19-15(20)21)9-17-11-18-14/h9,11-12H,2,5-8,10H2,1H3/p+1. The largest absolute Gasteiger partial charge is 0.428 e. The molecular formula is C16H19N4O+. The molecule has 1 atom stereocenters. The number of hydrogen-bond donors (Lipinski definition) is 1. The predicted molar refractivity (Wildman–Crippen MR) is 80.5 cm³/mol. The van der Waals surface area contributed by atoms with Gasteiger partial charge in [-0.2, -0.15) is 9.47 Å². The normalized spacial score (nSPS) is 36.0. The molecule has 21 heavy (non-hydrogen) atoms. The molecule has 5 heteroatoms. The van der Waals surface area contributed by atoms with Crippen LogP contribution in [0.15, 0.2) is 12.5 Å². The highest BCUT2D eigenvalue weighted by atomic mass is 16.2. The number of nitrogens with zero attached hydrogens (tertiary/aromatic N) is 3. The Morgan fingerprint density at radius 2 is 2.29 bits per heavy atom. The summed E-state index contributed by atoms with van der Waals surface area (Å²) in [6.45, 7) is 2.97. The lowest BCUT2D eigenvalue weighted by molar-refractivity contribution is 0.226. The van der Waals surface area contributed by atoms with Crippen LogP contribution < -0.4 is 9.80 Å². The molecule has 2 spiro atoms. The van der Waals surface area contributed by atoms with E-state index < -0.39 is 0 Å². The molecular weight excluding hydrogens is 264 g/mol. The van der Waals surface area contributed by atoms with Crippen LogP contribution in [0.2, 0.25) is 0 Å². The highest BCUT2D eigenvalue weighted by Gasteiger charge is 2.78. The summed E-state index contributed by atoms with van der Waals surface area (Å²) in [5, 5.41) is 2.95. The van der Waals surface area contributed by atoms with E-state index in [0.717, 1.165) is 50.2 Å². The maximum Gasteiger partial charge on any atom is 0.428 e. The van der Waals surface area contributed by atoms with E-state index in [1.54, 1.807) is 12.5 Å². The van der Waals surface area contributed by atoms with Crippen molar-refractivity contribution in [1.29, 1.82) is 0 Å². The molecule has 1 N–H and O–H groups in total. The number of quaternary nitrogens is 1. The number of rotatable bonds is 0. The van der Waals surface area contributed by atoms with Gasteiger partial charge in [-0.15, -0.1) is 5.92 Å². The van der Waals surface area contributed by atoms with E-state index in [4.69, 9.17) is 0 Å². The van der Waals surface area contributed by atoms with Gasteiger partial charge in [0.15, 0.2) is 12.1 Å². The van der Waals surface area contributed by atoms with Crippen LogP contribution in [0.3, 0.4) is 0 Å². The first-order valence-electron chi connectivity index (χ1n) is 7.70. The Labute approximate surface area is 124 Å². The first kappa shape index (κ1) is 12.8. The highest BCUT2D eigenvalue weighted by Crippen LogP contribution is 2.59. The van der Waals surface area contributed by atoms with Gasteiger partial charge in [0.1, 0.15) is 12.0 Å². The van der Waals surface area contributed by atoms with Gasteiger partial charge in [0.05, 0.1) is 6.20 Å². The zero-order chi connectivity index (χ0) is 14.5. The number of anilines is 1. The van der Waals surface area contributed by atoms with E-state index in [0.29, 0.717) is 10.4 Å². The summed E-state index contributed by atoms with van der Waals surface area (Å²) >= 11 is 0. The minimum Gasteiger partial charge on any atom is -0.266 e. The van der Waals surface area contributed by atoms with E-state index in [1.165, 1.54) is 0 Å². The summed E-state index contributed by atoms with van der Waals surface area (Å²) in [4.78, 5) is 20.9. The SMILES string of the molecule is CCC#CC1CCC2(CC1)C[N+]21C(=O)Nc2cncnc21. The van der Waals surface area contributed by atoms with E-state index in [1.807, 2.05) is 0 Å². The van der Waals surface area contributed by atoms with Gasteiger partial charge < -0.3 is 0 Å². The number of carbonyl (C=O) groups excluding carboxylic acids is 1. The van der Waals surface area contributed by atoms with Crippen LogP contribution in [0.4, 0.5) is 16.3 Å². The monoisotopic (exact) mass is 283 g/mol. The van der Waals surface area contributed by atoms with Crippen molar-refractivity contribution in [3.63, 3.8) is 0 Å². The average Bonchev–Trinajstić information content (AvgIpc) is 3.06. The number of aromatic nitrogens is 2. The summed E-state index contributed by atoms with van der Waals surface area (Å²) in [6, 6.07) is 0.0728. The Hall–Kier alpha value is -1.93. The second-order valence-corrected chi connectivity index (χ2v) is 6.33. The summed E-state index contributed by atoms with van der Waals surface area (Å²) < 4.78 is 0.402. The molecule has 5 nitrogen and oxygen atoms in total. The number of amides is 2. The van der Waals surface area contributed by atoms with Crippen molar-refractivity contribution in [1.82, 2.24) is 14.5 Å². The third-order valence-electron chi connectivity index (χ3n) is 5.28. The van der Waals surface area contributed by atoms with Crippen LogP contribution in [0.25, 0.3) is 0 Å². The van der Waals surface area contributed by atoms with Crippen LogP contribution in [0.1, 0.15) is 39.0 Å². The minimum atomic E-state index is 0.0636. The summed E-state index contributed by atoms with van der Waals surface area (Å²) in [7, 11) is 0. The summed E-state index contributed by atoms with van der Waals surface area (Å²) in [5.41, 5.74) is 0.848. The molecule has 0 bridgehead atoms. The van der Waals surface area contributed by atoms with Gasteiger partial charge in [-0.25, -0.2) is 9.78 Å². The van der Waals surface area contributed by atoms with Crippen molar-refractivity contribution in [3.05, 3.63) is 12.5 Å². The molecule has 0 radical (unpaired) electrons. The van der Waals surface area contributed by atoms with Gasteiger partial charge in [0.2, 0.25) is 0 Å². The fourth-order valence-electron chi connectivity index (χ4n) is 4.10. The molecule has 0 aromatic carbocycles. The molecule has 1 saturated heterocycles. The molecule has 1 aliphatic carbocycles. The highest BCUT2D eigenvalue weighted by molar-refractivity contribution is 6.10. The molecule has 3 heterocycles. The van der Waals surface area contributed by atoms with Gasteiger partial charge in [-0.05, 0) is 12.8 Å². The number of urea groups is 1. The second kappa shape index (κ2) is 4.28. The van der Waals surface area contributed by atoms with Gasteiger partial charge in [-0.3, -0.25) is 5.32 Å². The smallest absolute Gasteiger partial charge is 0.266 e. The van der Waals surface area contributed by atoms with E-state index >= 15 is 0 Å². The fraction of sp³-hybridized carbons (Fsp3) is 0.562. The van der Waals surface area contributed by atoms with Crippen molar-refractivity contribution in [3.8, 4) is 11.8 Å². The lowest BCUT2D eigenvalue weighted by atomic mass is 9.81. The summed E-state index contributed by atoms with van der Waals surface area (Å²) in [5.74, 6) is 7.93. The molecule has 1 aromatic heterocycles. The molecule has 2 fully saturated rings. The molecule has 1 saturated carbocycles. The second-order valence-electron chi connectivity index (χ2n) is 6.33. The van der Waals surface area contributed by atoms with Crippen LogP contribution >= 0.6 is 0 Å². The van der Waals surface area contributed by atoms with Crippen molar-refractivity contribution in [2.75, 3.05) is 11.9 Å². The fourth-order valence-corrected chi connectivity index (χ4v) is 4.10. The van der Waals surface area contributed by atoms with Crippen LogP contribution in [-0.4, -0.2) is 28.1 Å². The van der Waals surface area contributed by atoms with Crippen molar-refractivity contribution in [2.24, 2.45) is 5.92 Å². The molecule has 1 aromatic rings. The lowest BCUT2D eigenvalue weighted by Crippen LogP contribution is -2.43. The van der Waals surface area contributed by atoms with Gasteiger partial charge in [0, 0.05) is 25.2 Å². The van der Waals surface area contributed by atoms with Gasteiger partial charge in [-0.1, -0.05) is 12.8 Å². The van der Waals surface area contributed by atoms with Crippen LogP contribution in [-0.2, 0) is 0 Å². The average molecular weight is 283 g/mol. The quantitative estimate of drug-likeness (QED) is 0.452. The number of nitrogens with one attached hydrogen (secondary N) is 1. The molecule has 108 valence electrons. The topological polar surface area (TPSA) is 54.9 Å². The van der Waals surface area contributed by atoms with Gasteiger partial charge >= 0.3 is 6.03 Å². The molecule has 2 aliphatic heterocycles. The third kappa shape index (κ3) is 1.60. The molecule has 3 aliphatic rings. The van der Waals surface area contributed by atoms with Crippen molar-refractivity contribution in [2.45, 2.75) is 44.6 Å². The van der Waals surface area contributed by atoms with E-state index in [9.17, 15) is 4.79 Å². The Morgan fingerprint density at radius 3 is 3.05 bits per heavy atom. The lowest BCUT2D eigenvalue weighted by Gasteiger charge is -2.25. The van der Waals surface area contributed by atoms with Crippen molar-refractivity contribution >= 4 is 17.5 Å². The molecule has 4 rings (SSSR count). The Bertz CT molecular complexity index is 666.